The van der Waals surface area contributed by atoms with Gasteiger partial charge in [-0.1, -0.05) is 41.4 Å². The highest BCUT2D eigenvalue weighted by Crippen LogP contribution is 2.33. The van der Waals surface area contributed by atoms with Gasteiger partial charge in [0.1, 0.15) is 4.90 Å². The Morgan fingerprint density at radius 1 is 1.00 bits per heavy atom. The first-order valence-electron chi connectivity index (χ1n) is 9.07. The SMILES string of the molecule is CC(=O)c1ccccc1NC(=O)C1CCN(S(=O)(=O)c2c(Cl)cccc2Cl)CC1. The molecule has 0 bridgehead atoms. The molecule has 0 aromatic heterocycles. The van der Waals surface area contributed by atoms with Crippen molar-refractivity contribution in [3.05, 3.63) is 58.1 Å². The molecular formula is C20H20Cl2N2O4S. The Balaban J connectivity index is 1.69. The zero-order valence-corrected chi connectivity index (χ0v) is 18.0. The summed E-state index contributed by atoms with van der Waals surface area (Å²) >= 11 is 12.1. The molecule has 0 atom stereocenters. The first-order valence-corrected chi connectivity index (χ1v) is 11.3. The minimum Gasteiger partial charge on any atom is -0.325 e. The monoisotopic (exact) mass is 454 g/mol. The summed E-state index contributed by atoms with van der Waals surface area (Å²) in [5, 5.41) is 2.93. The highest BCUT2D eigenvalue weighted by atomic mass is 35.5. The maximum Gasteiger partial charge on any atom is 0.246 e. The Morgan fingerprint density at radius 3 is 2.17 bits per heavy atom. The third kappa shape index (κ3) is 4.64. The number of Topliss-reactive ketones (excluding diaryl/α,β-unsaturated/α-hetero) is 1. The second-order valence-electron chi connectivity index (χ2n) is 6.82. The Kier molecular flexibility index (Phi) is 6.63. The number of nitrogens with zero attached hydrogens (tertiary/aromatic N) is 1. The van der Waals surface area contributed by atoms with E-state index in [1.807, 2.05) is 0 Å². The molecule has 1 saturated heterocycles. The van der Waals surface area contributed by atoms with Crippen LogP contribution in [0.2, 0.25) is 10.0 Å². The number of halogens is 2. The number of hydrogen-bond donors (Lipinski definition) is 1. The second-order valence-corrected chi connectivity index (χ2v) is 9.51. The molecule has 0 radical (unpaired) electrons. The Bertz CT molecular complexity index is 1030. The number of anilines is 1. The van der Waals surface area contributed by atoms with Crippen LogP contribution in [0.15, 0.2) is 47.4 Å². The van der Waals surface area contributed by atoms with E-state index in [-0.39, 0.29) is 45.6 Å². The lowest BCUT2D eigenvalue weighted by atomic mass is 9.97. The number of para-hydroxylation sites is 1. The normalized spacial score (nSPS) is 15.8. The summed E-state index contributed by atoms with van der Waals surface area (Å²) in [6, 6.07) is 11.3. The zero-order valence-electron chi connectivity index (χ0n) is 15.7. The van der Waals surface area contributed by atoms with E-state index >= 15 is 0 Å². The molecule has 3 rings (SSSR count). The number of hydrogen-bond acceptors (Lipinski definition) is 4. The highest BCUT2D eigenvalue weighted by molar-refractivity contribution is 7.89. The molecule has 0 spiro atoms. The third-order valence-corrected chi connectivity index (χ3v) is 7.76. The number of rotatable bonds is 5. The van der Waals surface area contributed by atoms with E-state index in [2.05, 4.69) is 5.32 Å². The van der Waals surface area contributed by atoms with Gasteiger partial charge in [-0.15, -0.1) is 0 Å². The molecule has 154 valence electrons. The molecular weight excluding hydrogens is 435 g/mol. The van der Waals surface area contributed by atoms with Gasteiger partial charge in [0, 0.05) is 24.6 Å². The van der Waals surface area contributed by atoms with Gasteiger partial charge in [0.05, 0.1) is 15.7 Å². The fourth-order valence-electron chi connectivity index (χ4n) is 3.35. The van der Waals surface area contributed by atoms with Gasteiger partial charge in [-0.2, -0.15) is 4.31 Å². The smallest absolute Gasteiger partial charge is 0.246 e. The molecule has 9 heteroatoms. The summed E-state index contributed by atoms with van der Waals surface area (Å²) in [6.45, 7) is 1.79. The fraction of sp³-hybridized carbons (Fsp3) is 0.300. The number of benzene rings is 2. The van der Waals surface area contributed by atoms with E-state index in [0.717, 1.165) is 0 Å². The molecule has 2 aromatic rings. The quantitative estimate of drug-likeness (QED) is 0.684. The van der Waals surface area contributed by atoms with Crippen molar-refractivity contribution in [1.82, 2.24) is 4.31 Å². The van der Waals surface area contributed by atoms with Crippen LogP contribution in [-0.2, 0) is 14.8 Å². The van der Waals surface area contributed by atoms with Gasteiger partial charge in [-0.05, 0) is 44.0 Å². The molecule has 0 unspecified atom stereocenters. The molecule has 1 amide bonds. The highest BCUT2D eigenvalue weighted by Gasteiger charge is 2.34. The van der Waals surface area contributed by atoms with Crippen molar-refractivity contribution in [2.75, 3.05) is 18.4 Å². The maximum absolute atomic E-state index is 12.9. The molecule has 1 heterocycles. The summed E-state index contributed by atoms with van der Waals surface area (Å²) in [5.74, 6) is -0.729. The lowest BCUT2D eigenvalue weighted by Crippen LogP contribution is -2.41. The van der Waals surface area contributed by atoms with E-state index in [1.54, 1.807) is 30.3 Å². The predicted octanol–water partition coefficient (Wildman–Crippen LogP) is 4.24. The number of nitrogens with one attached hydrogen (secondary N) is 1. The summed E-state index contributed by atoms with van der Waals surface area (Å²) < 4.78 is 27.2. The molecule has 0 aliphatic carbocycles. The number of sulfonamides is 1. The molecule has 29 heavy (non-hydrogen) atoms. The van der Waals surface area contributed by atoms with Crippen LogP contribution in [0.25, 0.3) is 0 Å². The van der Waals surface area contributed by atoms with E-state index < -0.39 is 10.0 Å². The lowest BCUT2D eigenvalue weighted by Gasteiger charge is -2.31. The van der Waals surface area contributed by atoms with Gasteiger partial charge in [-0.3, -0.25) is 9.59 Å². The first kappa shape index (κ1) is 21.8. The van der Waals surface area contributed by atoms with E-state index in [9.17, 15) is 18.0 Å². The van der Waals surface area contributed by atoms with Crippen LogP contribution in [0.3, 0.4) is 0 Å². The molecule has 6 nitrogen and oxygen atoms in total. The van der Waals surface area contributed by atoms with Crippen molar-refractivity contribution in [3.63, 3.8) is 0 Å². The molecule has 2 aromatic carbocycles. The average molecular weight is 455 g/mol. The van der Waals surface area contributed by atoms with Crippen LogP contribution in [0.5, 0.6) is 0 Å². The predicted molar refractivity (Wildman–Crippen MR) is 113 cm³/mol. The summed E-state index contributed by atoms with van der Waals surface area (Å²) in [4.78, 5) is 24.3. The number of amides is 1. The molecule has 1 aliphatic rings. The number of carbonyl (C=O) groups is 2. The number of carbonyl (C=O) groups excluding carboxylic acids is 2. The third-order valence-electron chi connectivity index (χ3n) is 4.91. The number of piperidine rings is 1. The Morgan fingerprint density at radius 2 is 1.59 bits per heavy atom. The van der Waals surface area contributed by atoms with Crippen molar-refractivity contribution in [1.29, 1.82) is 0 Å². The summed E-state index contributed by atoms with van der Waals surface area (Å²) in [7, 11) is -3.86. The molecule has 1 aliphatic heterocycles. The van der Waals surface area contributed by atoms with E-state index in [4.69, 9.17) is 23.2 Å². The van der Waals surface area contributed by atoms with Crippen LogP contribution in [-0.4, -0.2) is 37.5 Å². The molecule has 1 fully saturated rings. The van der Waals surface area contributed by atoms with Crippen molar-refractivity contribution in [2.45, 2.75) is 24.7 Å². The van der Waals surface area contributed by atoms with Crippen LogP contribution in [0, 0.1) is 5.92 Å². The van der Waals surface area contributed by atoms with Gasteiger partial charge in [-0.25, -0.2) is 8.42 Å². The number of ketones is 1. The molecule has 0 saturated carbocycles. The summed E-state index contributed by atoms with van der Waals surface area (Å²) in [6.07, 6.45) is 0.713. The zero-order chi connectivity index (χ0) is 21.2. The van der Waals surface area contributed by atoms with Gasteiger partial charge in [0.15, 0.2) is 5.78 Å². The maximum atomic E-state index is 12.9. The Labute approximate surface area is 179 Å². The van der Waals surface area contributed by atoms with Crippen LogP contribution < -0.4 is 5.32 Å². The van der Waals surface area contributed by atoms with Crippen molar-refractivity contribution >= 4 is 50.6 Å². The standard InChI is InChI=1S/C20H20Cl2N2O4S/c1-13(25)15-5-2-3-8-18(15)23-20(26)14-9-11-24(12-10-14)29(27,28)19-16(21)6-4-7-17(19)22/h2-8,14H,9-12H2,1H3,(H,23,26). The average Bonchev–Trinajstić information content (AvgIpc) is 2.68. The van der Waals surface area contributed by atoms with E-state index in [0.29, 0.717) is 24.1 Å². The topological polar surface area (TPSA) is 83.6 Å². The van der Waals surface area contributed by atoms with Gasteiger partial charge in [0.2, 0.25) is 15.9 Å². The fourth-order valence-corrected chi connectivity index (χ4v) is 5.91. The van der Waals surface area contributed by atoms with Gasteiger partial charge in [0.25, 0.3) is 0 Å². The first-order chi connectivity index (χ1) is 13.7. The molecule has 1 N–H and O–H groups in total. The largest absolute Gasteiger partial charge is 0.325 e. The van der Waals surface area contributed by atoms with Crippen LogP contribution >= 0.6 is 23.2 Å². The van der Waals surface area contributed by atoms with E-state index in [1.165, 1.54) is 23.4 Å². The summed E-state index contributed by atoms with van der Waals surface area (Å²) in [5.41, 5.74) is 0.900. The van der Waals surface area contributed by atoms with Gasteiger partial charge >= 0.3 is 0 Å². The van der Waals surface area contributed by atoms with Crippen molar-refractivity contribution < 1.29 is 18.0 Å². The van der Waals surface area contributed by atoms with Crippen molar-refractivity contribution in [2.24, 2.45) is 5.92 Å². The van der Waals surface area contributed by atoms with Crippen molar-refractivity contribution in [3.8, 4) is 0 Å². The second kappa shape index (κ2) is 8.83. The minimum atomic E-state index is -3.86. The lowest BCUT2D eigenvalue weighted by molar-refractivity contribution is -0.120. The van der Waals surface area contributed by atoms with Crippen LogP contribution in [0.1, 0.15) is 30.1 Å². The van der Waals surface area contributed by atoms with Gasteiger partial charge < -0.3 is 5.32 Å². The van der Waals surface area contributed by atoms with Crippen LogP contribution in [0.4, 0.5) is 5.69 Å². The Hall–Kier alpha value is -1.93. The minimum absolute atomic E-state index is 0.0678.